The number of carbonyl (C=O) groups is 5. The van der Waals surface area contributed by atoms with Gasteiger partial charge in [-0.15, -0.1) is 0 Å². The molecule has 2 aromatic carbocycles. The molecule has 3 heterocycles. The molecule has 15 heteroatoms. The van der Waals surface area contributed by atoms with Gasteiger partial charge >= 0.3 is 11.9 Å². The SMILES string of the molecule is CCCCCC1(CCCCC)O[C@@H]2[C@H](O1)[C@H]1ON(Cc3ccccc3C=CC(=O)N(C)C)[C@@H]3C(=O)O[C@@H]2C[C@]13C(=O)N(C)[C@H](Cc1ccccc1)C(=O)N[C@H](CO)CCC(=O)OC(C)(C)C. The number of ether oxygens (including phenoxy) is 4. The fourth-order valence-electron chi connectivity index (χ4n) is 9.90. The van der Waals surface area contributed by atoms with Gasteiger partial charge < -0.3 is 39.2 Å². The summed E-state index contributed by atoms with van der Waals surface area (Å²) in [6.45, 7) is 9.19. The Balaban J connectivity index is 1.39. The molecular formula is C51H72N4O11. The van der Waals surface area contributed by atoms with Gasteiger partial charge in [0.2, 0.25) is 17.7 Å². The van der Waals surface area contributed by atoms with Crippen molar-refractivity contribution in [1.82, 2.24) is 20.2 Å². The first-order chi connectivity index (χ1) is 31.5. The van der Waals surface area contributed by atoms with Crippen molar-refractivity contribution in [2.45, 2.75) is 172 Å². The highest BCUT2D eigenvalue weighted by molar-refractivity contribution is 5.96. The number of unbranched alkanes of at least 4 members (excludes halogenated alkanes) is 4. The summed E-state index contributed by atoms with van der Waals surface area (Å²) in [5, 5.41) is 14.9. The van der Waals surface area contributed by atoms with Crippen molar-refractivity contribution in [3.8, 4) is 0 Å². The molecule has 4 aliphatic rings. The summed E-state index contributed by atoms with van der Waals surface area (Å²) in [6, 6.07) is 13.6. The number of carbonyl (C=O) groups excluding carboxylic acids is 5. The van der Waals surface area contributed by atoms with Crippen LogP contribution in [0, 0.1) is 5.41 Å². The molecule has 2 bridgehead atoms. The second kappa shape index (κ2) is 22.0. The lowest BCUT2D eigenvalue weighted by molar-refractivity contribution is -0.225. The smallest absolute Gasteiger partial charge is 0.327 e. The average molecular weight is 917 g/mol. The minimum absolute atomic E-state index is 0.0437. The van der Waals surface area contributed by atoms with Crippen LogP contribution in [0.5, 0.6) is 0 Å². The van der Waals surface area contributed by atoms with Crippen molar-refractivity contribution >= 4 is 35.7 Å². The fraction of sp³-hybridized carbons (Fsp3) is 0.627. The van der Waals surface area contributed by atoms with E-state index in [1.807, 2.05) is 54.6 Å². The van der Waals surface area contributed by atoms with Crippen molar-refractivity contribution in [2.24, 2.45) is 5.41 Å². The van der Waals surface area contributed by atoms with E-state index in [1.54, 1.807) is 48.0 Å². The number of likely N-dealkylation sites (N-methyl/N-ethyl adjacent to an activating group) is 2. The zero-order chi connectivity index (χ0) is 47.8. The Kier molecular flexibility index (Phi) is 16.9. The first-order valence-corrected chi connectivity index (χ1v) is 23.9. The zero-order valence-electron chi connectivity index (χ0n) is 40.2. The Bertz CT molecular complexity index is 2030. The third kappa shape index (κ3) is 11.5. The second-order valence-corrected chi connectivity index (χ2v) is 19.6. The summed E-state index contributed by atoms with van der Waals surface area (Å²) in [5.41, 5.74) is -0.0467. The number of nitrogens with one attached hydrogen (secondary N) is 1. The van der Waals surface area contributed by atoms with Gasteiger partial charge in [-0.1, -0.05) is 94.1 Å². The lowest BCUT2D eigenvalue weighted by atomic mass is 9.62. The molecule has 0 radical (unpaired) electrons. The van der Waals surface area contributed by atoms with Crippen molar-refractivity contribution in [3.05, 3.63) is 77.4 Å². The third-order valence-corrected chi connectivity index (χ3v) is 13.2. The number of hydrogen-bond acceptors (Lipinski definition) is 12. The summed E-state index contributed by atoms with van der Waals surface area (Å²) >= 11 is 0. The molecule has 2 N–H and O–H groups in total. The Morgan fingerprint density at radius 2 is 1.59 bits per heavy atom. The largest absolute Gasteiger partial charge is 0.460 e. The maximum absolute atomic E-state index is 15.9. The molecule has 8 atom stereocenters. The van der Waals surface area contributed by atoms with Crippen LogP contribution in [0.15, 0.2) is 60.7 Å². The number of hydroxylamine groups is 2. The van der Waals surface area contributed by atoms with Crippen molar-refractivity contribution in [1.29, 1.82) is 0 Å². The quantitative estimate of drug-likeness (QED) is 0.0816. The second-order valence-electron chi connectivity index (χ2n) is 19.6. The van der Waals surface area contributed by atoms with E-state index in [0.29, 0.717) is 12.8 Å². The van der Waals surface area contributed by atoms with Crippen LogP contribution in [0.4, 0.5) is 0 Å². The van der Waals surface area contributed by atoms with Gasteiger partial charge in [-0.3, -0.25) is 28.8 Å². The summed E-state index contributed by atoms with van der Waals surface area (Å²) in [5.74, 6) is -3.31. The van der Waals surface area contributed by atoms with Crippen molar-refractivity contribution in [3.63, 3.8) is 0 Å². The summed E-state index contributed by atoms with van der Waals surface area (Å²) in [7, 11) is 4.91. The fourth-order valence-corrected chi connectivity index (χ4v) is 9.90. The van der Waals surface area contributed by atoms with Gasteiger partial charge in [-0.2, -0.15) is 5.06 Å². The predicted molar refractivity (Wildman–Crippen MR) is 247 cm³/mol. The topological polar surface area (TPSA) is 173 Å². The van der Waals surface area contributed by atoms with Crippen LogP contribution < -0.4 is 5.32 Å². The minimum atomic E-state index is -1.59. The molecule has 6 rings (SSSR count). The molecular weight excluding hydrogens is 845 g/mol. The average Bonchev–Trinajstić information content (AvgIpc) is 3.84. The molecule has 0 spiro atoms. The van der Waals surface area contributed by atoms with Crippen LogP contribution >= 0.6 is 0 Å². The van der Waals surface area contributed by atoms with Crippen LogP contribution in [-0.4, -0.2) is 131 Å². The summed E-state index contributed by atoms with van der Waals surface area (Å²) < 4.78 is 25.9. The van der Waals surface area contributed by atoms with E-state index in [0.717, 1.165) is 55.2 Å². The van der Waals surface area contributed by atoms with Gasteiger partial charge in [-0.05, 0) is 62.8 Å². The van der Waals surface area contributed by atoms with Gasteiger partial charge in [0, 0.05) is 59.3 Å². The lowest BCUT2D eigenvalue weighted by Crippen LogP contribution is -2.70. The van der Waals surface area contributed by atoms with E-state index in [2.05, 4.69) is 19.2 Å². The van der Waals surface area contributed by atoms with Gasteiger partial charge in [0.05, 0.1) is 19.2 Å². The molecule has 66 heavy (non-hydrogen) atoms. The molecule has 3 aliphatic heterocycles. The molecule has 362 valence electrons. The number of amides is 3. The number of aliphatic hydroxyl groups is 1. The Morgan fingerprint density at radius 1 is 0.939 bits per heavy atom. The molecule has 15 nitrogen and oxygen atoms in total. The third-order valence-electron chi connectivity index (χ3n) is 13.2. The van der Waals surface area contributed by atoms with Crippen LogP contribution in [0.1, 0.15) is 122 Å². The molecule has 0 aromatic heterocycles. The predicted octanol–water partition coefficient (Wildman–Crippen LogP) is 5.90. The maximum atomic E-state index is 15.9. The van der Waals surface area contributed by atoms with E-state index in [9.17, 15) is 24.3 Å². The molecule has 2 aromatic rings. The summed E-state index contributed by atoms with van der Waals surface area (Å²) in [6.07, 6.45) is 7.03. The molecule has 0 unspecified atom stereocenters. The molecule has 4 fully saturated rings. The number of benzene rings is 2. The van der Waals surface area contributed by atoms with Gasteiger partial charge in [0.15, 0.2) is 11.8 Å². The molecule has 3 amide bonds. The number of hydrogen-bond donors (Lipinski definition) is 2. The van der Waals surface area contributed by atoms with Crippen LogP contribution in [0.3, 0.4) is 0 Å². The Labute approximate surface area is 390 Å². The van der Waals surface area contributed by atoms with Crippen LogP contribution in [0.25, 0.3) is 6.08 Å². The normalized spacial score (nSPS) is 25.2. The molecule has 3 saturated heterocycles. The highest BCUT2D eigenvalue weighted by Crippen LogP contribution is 2.58. The first-order valence-electron chi connectivity index (χ1n) is 23.9. The number of rotatable bonds is 22. The highest BCUT2D eigenvalue weighted by atomic mass is 16.8. The first kappa shape index (κ1) is 50.7. The van der Waals surface area contributed by atoms with E-state index in [-0.39, 0.29) is 38.1 Å². The Morgan fingerprint density at radius 3 is 2.23 bits per heavy atom. The highest BCUT2D eigenvalue weighted by Gasteiger charge is 2.76. The molecule has 1 saturated carbocycles. The number of nitrogens with zero attached hydrogens (tertiary/aromatic N) is 3. The van der Waals surface area contributed by atoms with Crippen molar-refractivity contribution < 1.29 is 52.9 Å². The maximum Gasteiger partial charge on any atom is 0.327 e. The van der Waals surface area contributed by atoms with Crippen LogP contribution in [0.2, 0.25) is 0 Å². The number of esters is 2. The molecule has 1 aliphatic carbocycles. The minimum Gasteiger partial charge on any atom is -0.460 e. The van der Waals surface area contributed by atoms with E-state index < -0.39 is 89.7 Å². The van der Waals surface area contributed by atoms with Gasteiger partial charge in [0.25, 0.3) is 0 Å². The van der Waals surface area contributed by atoms with E-state index in [1.165, 1.54) is 20.9 Å². The Hall–Kier alpha value is -4.67. The van der Waals surface area contributed by atoms with Crippen LogP contribution in [-0.2, 0) is 60.7 Å². The van der Waals surface area contributed by atoms with E-state index in [4.69, 9.17) is 23.8 Å². The lowest BCUT2D eigenvalue weighted by Gasteiger charge is -2.50. The van der Waals surface area contributed by atoms with E-state index >= 15 is 4.79 Å². The van der Waals surface area contributed by atoms with Gasteiger partial charge in [0.1, 0.15) is 41.5 Å². The summed E-state index contributed by atoms with van der Waals surface area (Å²) in [4.78, 5) is 80.3. The zero-order valence-corrected chi connectivity index (χ0v) is 40.2. The number of aliphatic hydroxyl groups excluding tert-OH is 1. The van der Waals surface area contributed by atoms with Crippen molar-refractivity contribution in [2.75, 3.05) is 27.7 Å². The van der Waals surface area contributed by atoms with Gasteiger partial charge in [-0.25, -0.2) is 0 Å². The standard InChI is InChI=1S/C51H72N4O11/c1-9-11-18-28-50(29-19-12-10-2)64-42-39-31-51(44(47(60)62-39)55(66-45(51)43(42)65-50)32-36-23-17-16-22-35(36)24-26-40(57)53(6)7)48(61)54(8)38(30-34-20-14-13-15-21-34)46(59)52-37(33-56)25-27-41(58)63-49(3,4)5/h13-17,20-24,26,37-39,42-45,56H,9-12,18-19,25,27-33H2,1-8H3,(H,52,59)/t37-,38+,39+,42-,43-,44+,45+,51+/m0/s1. The monoisotopic (exact) mass is 917 g/mol. The number of fused-ring (bicyclic) bond motifs is 4.